The minimum absolute atomic E-state index is 0.249. The van der Waals surface area contributed by atoms with E-state index < -0.39 is 5.97 Å². The summed E-state index contributed by atoms with van der Waals surface area (Å²) in [5.74, 6) is -0.957. The highest BCUT2D eigenvalue weighted by atomic mass is 32.1. The van der Waals surface area contributed by atoms with E-state index in [0.717, 1.165) is 4.88 Å². The second-order valence-corrected chi connectivity index (χ2v) is 5.19. The van der Waals surface area contributed by atoms with E-state index in [1.807, 2.05) is 17.5 Å². The molecule has 5 nitrogen and oxygen atoms in total. The predicted molar refractivity (Wildman–Crippen MR) is 73.5 cm³/mol. The molecule has 6 heteroatoms. The van der Waals surface area contributed by atoms with Crippen LogP contribution in [0.25, 0.3) is 21.6 Å². The van der Waals surface area contributed by atoms with Gasteiger partial charge in [0.1, 0.15) is 0 Å². The molecule has 3 aromatic heterocycles. The second-order valence-electron chi connectivity index (χ2n) is 4.25. The minimum Gasteiger partial charge on any atom is -0.478 e. The summed E-state index contributed by atoms with van der Waals surface area (Å²) in [6, 6.07) is 5.46. The Morgan fingerprint density at radius 1 is 1.47 bits per heavy atom. The summed E-state index contributed by atoms with van der Waals surface area (Å²) in [5.41, 5.74) is 2.20. The quantitative estimate of drug-likeness (QED) is 0.779. The molecule has 0 atom stereocenters. The van der Waals surface area contributed by atoms with Crippen LogP contribution in [0.2, 0.25) is 0 Å². The number of fused-ring (bicyclic) bond motifs is 1. The van der Waals surface area contributed by atoms with Crippen LogP contribution in [-0.4, -0.2) is 25.8 Å². The summed E-state index contributed by atoms with van der Waals surface area (Å²) in [4.78, 5) is 16.9. The molecular formula is C13H11N3O2S. The van der Waals surface area contributed by atoms with Crippen LogP contribution in [-0.2, 0) is 7.05 Å². The van der Waals surface area contributed by atoms with Gasteiger partial charge in [-0.3, -0.25) is 4.68 Å². The molecule has 0 aromatic carbocycles. The fourth-order valence-electron chi connectivity index (χ4n) is 2.16. The molecule has 0 radical (unpaired) electrons. The van der Waals surface area contributed by atoms with E-state index in [2.05, 4.69) is 10.1 Å². The highest BCUT2D eigenvalue weighted by Gasteiger charge is 2.18. The second kappa shape index (κ2) is 4.17. The van der Waals surface area contributed by atoms with E-state index in [4.69, 9.17) is 0 Å². The molecule has 96 valence electrons. The van der Waals surface area contributed by atoms with Crippen LogP contribution >= 0.6 is 11.3 Å². The maximum absolute atomic E-state index is 11.4. The van der Waals surface area contributed by atoms with Crippen LogP contribution in [0.15, 0.2) is 23.6 Å². The molecule has 3 aromatic rings. The summed E-state index contributed by atoms with van der Waals surface area (Å²) >= 11 is 1.53. The number of thiophene rings is 1. The molecule has 1 N–H and O–H groups in total. The van der Waals surface area contributed by atoms with Crippen molar-refractivity contribution in [3.05, 3.63) is 34.8 Å². The Morgan fingerprint density at radius 2 is 2.26 bits per heavy atom. The first-order valence-electron chi connectivity index (χ1n) is 5.69. The van der Waals surface area contributed by atoms with Gasteiger partial charge in [0.05, 0.1) is 27.2 Å². The van der Waals surface area contributed by atoms with Gasteiger partial charge in [0.25, 0.3) is 0 Å². The Morgan fingerprint density at radius 3 is 2.89 bits per heavy atom. The summed E-state index contributed by atoms with van der Waals surface area (Å²) in [6.45, 7) is 1.79. The van der Waals surface area contributed by atoms with E-state index in [-0.39, 0.29) is 5.56 Å². The standard InChI is InChI=1S/C13H11N3O2S/c1-7-11-8(13(17)18)6-9(10-4-3-5-19-10)14-12(11)16(2)15-7/h3-6H,1-2H3,(H,17,18). The van der Waals surface area contributed by atoms with Gasteiger partial charge in [-0.1, -0.05) is 6.07 Å². The Bertz CT molecular complexity index is 775. The summed E-state index contributed by atoms with van der Waals surface area (Å²) in [5, 5.41) is 16.2. The van der Waals surface area contributed by atoms with Gasteiger partial charge in [-0.15, -0.1) is 11.3 Å². The van der Waals surface area contributed by atoms with Gasteiger partial charge in [-0.2, -0.15) is 5.10 Å². The summed E-state index contributed by atoms with van der Waals surface area (Å²) in [7, 11) is 1.77. The fourth-order valence-corrected chi connectivity index (χ4v) is 2.85. The molecule has 0 saturated heterocycles. The number of carbonyl (C=O) groups is 1. The average Bonchev–Trinajstić information content (AvgIpc) is 2.98. The van der Waals surface area contributed by atoms with Crippen LogP contribution in [0.3, 0.4) is 0 Å². The number of carboxylic acid groups (broad SMARTS) is 1. The molecule has 19 heavy (non-hydrogen) atoms. The zero-order valence-electron chi connectivity index (χ0n) is 10.4. The molecule has 0 aliphatic carbocycles. The van der Waals surface area contributed by atoms with Crippen molar-refractivity contribution in [3.8, 4) is 10.6 Å². The molecule has 0 amide bonds. The van der Waals surface area contributed by atoms with E-state index in [1.165, 1.54) is 11.3 Å². The number of carboxylic acids is 1. The van der Waals surface area contributed by atoms with Crippen molar-refractivity contribution in [1.29, 1.82) is 0 Å². The smallest absolute Gasteiger partial charge is 0.336 e. The van der Waals surface area contributed by atoms with Gasteiger partial charge in [0.2, 0.25) is 0 Å². The molecule has 0 bridgehead atoms. The number of hydrogen-bond acceptors (Lipinski definition) is 4. The molecule has 0 unspecified atom stereocenters. The summed E-state index contributed by atoms with van der Waals surface area (Å²) in [6.07, 6.45) is 0. The van der Waals surface area contributed by atoms with Crippen molar-refractivity contribution in [2.24, 2.45) is 7.05 Å². The van der Waals surface area contributed by atoms with E-state index >= 15 is 0 Å². The fraction of sp³-hybridized carbons (Fsp3) is 0.154. The maximum atomic E-state index is 11.4. The number of aromatic nitrogens is 3. The highest BCUT2D eigenvalue weighted by molar-refractivity contribution is 7.13. The first kappa shape index (κ1) is 11.9. The first-order valence-corrected chi connectivity index (χ1v) is 6.57. The van der Waals surface area contributed by atoms with Crippen molar-refractivity contribution in [2.75, 3.05) is 0 Å². The lowest BCUT2D eigenvalue weighted by atomic mass is 10.1. The van der Waals surface area contributed by atoms with Crippen LogP contribution in [0.4, 0.5) is 0 Å². The Labute approximate surface area is 113 Å². The average molecular weight is 273 g/mol. The van der Waals surface area contributed by atoms with Gasteiger partial charge in [0, 0.05) is 7.05 Å². The number of aryl methyl sites for hydroxylation is 2. The number of pyridine rings is 1. The van der Waals surface area contributed by atoms with Crippen LogP contribution in [0, 0.1) is 6.92 Å². The monoisotopic (exact) mass is 273 g/mol. The third kappa shape index (κ3) is 1.80. The number of aromatic carboxylic acids is 1. The Hall–Kier alpha value is -2.21. The number of hydrogen-bond donors (Lipinski definition) is 1. The van der Waals surface area contributed by atoms with Crippen molar-refractivity contribution in [3.63, 3.8) is 0 Å². The molecule has 3 heterocycles. The molecule has 0 saturated carbocycles. The Kier molecular flexibility index (Phi) is 2.60. The largest absolute Gasteiger partial charge is 0.478 e. The van der Waals surface area contributed by atoms with Gasteiger partial charge in [-0.25, -0.2) is 9.78 Å². The molecule has 3 rings (SSSR count). The van der Waals surface area contributed by atoms with Crippen molar-refractivity contribution >= 4 is 28.3 Å². The molecule has 0 spiro atoms. The SMILES string of the molecule is Cc1nn(C)c2nc(-c3cccs3)cc(C(=O)O)c12. The molecule has 0 aliphatic rings. The van der Waals surface area contributed by atoms with Crippen LogP contribution in [0.1, 0.15) is 16.1 Å². The topological polar surface area (TPSA) is 68.0 Å². The van der Waals surface area contributed by atoms with Crippen molar-refractivity contribution in [1.82, 2.24) is 14.8 Å². The van der Waals surface area contributed by atoms with Crippen LogP contribution in [0.5, 0.6) is 0 Å². The Balaban J connectivity index is 2.39. The lowest BCUT2D eigenvalue weighted by Crippen LogP contribution is -2.01. The lowest BCUT2D eigenvalue weighted by molar-refractivity contribution is 0.0699. The number of nitrogens with zero attached hydrogens (tertiary/aromatic N) is 3. The normalized spacial score (nSPS) is 11.1. The third-order valence-corrected chi connectivity index (χ3v) is 3.87. The molecule has 0 aliphatic heterocycles. The zero-order valence-corrected chi connectivity index (χ0v) is 11.2. The van der Waals surface area contributed by atoms with E-state index in [9.17, 15) is 9.90 Å². The van der Waals surface area contributed by atoms with Crippen molar-refractivity contribution < 1.29 is 9.90 Å². The molecular weight excluding hydrogens is 262 g/mol. The summed E-state index contributed by atoms with van der Waals surface area (Å²) < 4.78 is 1.62. The highest BCUT2D eigenvalue weighted by Crippen LogP contribution is 2.29. The predicted octanol–water partition coefficient (Wildman–Crippen LogP) is 2.70. The van der Waals surface area contributed by atoms with Gasteiger partial charge >= 0.3 is 5.97 Å². The van der Waals surface area contributed by atoms with Crippen LogP contribution < -0.4 is 0 Å². The van der Waals surface area contributed by atoms with E-state index in [1.54, 1.807) is 24.7 Å². The van der Waals surface area contributed by atoms with Gasteiger partial charge in [-0.05, 0) is 24.4 Å². The maximum Gasteiger partial charge on any atom is 0.336 e. The van der Waals surface area contributed by atoms with Gasteiger partial charge in [0.15, 0.2) is 5.65 Å². The van der Waals surface area contributed by atoms with Gasteiger partial charge < -0.3 is 5.11 Å². The lowest BCUT2D eigenvalue weighted by Gasteiger charge is -2.03. The van der Waals surface area contributed by atoms with Crippen molar-refractivity contribution in [2.45, 2.75) is 6.92 Å². The number of rotatable bonds is 2. The third-order valence-electron chi connectivity index (χ3n) is 2.97. The molecule has 0 fully saturated rings. The minimum atomic E-state index is -0.957. The first-order chi connectivity index (χ1) is 9.08. The zero-order chi connectivity index (χ0) is 13.6. The van der Waals surface area contributed by atoms with E-state index in [0.29, 0.717) is 22.4 Å².